The molecule has 8 atom stereocenters. The Morgan fingerprint density at radius 2 is 1.54 bits per heavy atom. The van der Waals surface area contributed by atoms with Crippen LogP contribution < -0.4 is 5.32 Å². The zero-order valence-corrected chi connectivity index (χ0v) is 29.2. The molecule has 3 rings (SSSR count). The predicted octanol–water partition coefficient (Wildman–Crippen LogP) is 3.83. The van der Waals surface area contributed by atoms with E-state index in [0.29, 0.717) is 19.3 Å². The Morgan fingerprint density at radius 3 is 2.20 bits per heavy atom. The van der Waals surface area contributed by atoms with Gasteiger partial charge in [-0.3, -0.25) is 9.59 Å². The van der Waals surface area contributed by atoms with Crippen LogP contribution in [0.15, 0.2) is 42.5 Å². The van der Waals surface area contributed by atoms with Gasteiger partial charge >= 0.3 is 0 Å². The van der Waals surface area contributed by atoms with Crippen LogP contribution in [0.2, 0.25) is 0 Å². The number of rotatable bonds is 22. The molecule has 0 spiro atoms. The molecule has 1 aliphatic heterocycles. The number of halogens is 2. The number of aryl methyl sites for hydroxylation is 2. The van der Waals surface area contributed by atoms with E-state index in [1.54, 1.807) is 6.07 Å². The van der Waals surface area contributed by atoms with Gasteiger partial charge < -0.3 is 40.3 Å². The van der Waals surface area contributed by atoms with Crippen LogP contribution in [0.3, 0.4) is 0 Å². The summed E-state index contributed by atoms with van der Waals surface area (Å²) < 4.78 is 37.8. The van der Waals surface area contributed by atoms with E-state index >= 15 is 0 Å². The standard InChI is InChI=1S/C38H55F2NO9/c1-24-13-11-12-15-27(24)21-33(44)41-22-32-35(46)36(47)37(48)38(50-32)49-23-28(34(45)25(2)42)20-29(43)16-10-8-6-4-3-5-7-9-14-26-17-18-30(39)31(40)19-26/h11-13,15,17-19,25,28,32,34-38,42,45-48H,3-10,14,16,20-23H2,1-2H3,(H,41,44)/t25-,28+,32?,34-,35?,36?,37?,38?/m1/s1. The van der Waals surface area contributed by atoms with Crippen molar-refractivity contribution >= 4 is 11.7 Å². The highest BCUT2D eigenvalue weighted by Gasteiger charge is 2.44. The molecule has 0 aromatic heterocycles. The summed E-state index contributed by atoms with van der Waals surface area (Å²) in [5.74, 6) is -2.89. The second-order valence-electron chi connectivity index (χ2n) is 13.6. The van der Waals surface area contributed by atoms with Crippen LogP contribution in [0.25, 0.3) is 0 Å². The lowest BCUT2D eigenvalue weighted by Gasteiger charge is -2.41. The Bertz CT molecular complexity index is 1330. The molecule has 6 N–H and O–H groups in total. The molecule has 2 aromatic carbocycles. The molecule has 0 radical (unpaired) electrons. The number of unbranched alkanes of at least 4 members (excludes halogenated alkanes) is 7. The van der Waals surface area contributed by atoms with Gasteiger partial charge in [0.05, 0.1) is 25.2 Å². The first-order valence-corrected chi connectivity index (χ1v) is 17.8. The van der Waals surface area contributed by atoms with Gasteiger partial charge in [-0.25, -0.2) is 8.78 Å². The Labute approximate surface area is 293 Å². The van der Waals surface area contributed by atoms with Crippen LogP contribution in [0.4, 0.5) is 8.78 Å². The van der Waals surface area contributed by atoms with Crippen molar-refractivity contribution in [3.8, 4) is 0 Å². The van der Waals surface area contributed by atoms with Gasteiger partial charge in [-0.15, -0.1) is 0 Å². The van der Waals surface area contributed by atoms with Crippen molar-refractivity contribution in [2.24, 2.45) is 5.92 Å². The van der Waals surface area contributed by atoms with Crippen molar-refractivity contribution in [1.82, 2.24) is 5.32 Å². The lowest BCUT2D eigenvalue weighted by Crippen LogP contribution is -2.61. The summed E-state index contributed by atoms with van der Waals surface area (Å²) in [6.07, 6.45) is -1.17. The van der Waals surface area contributed by atoms with E-state index < -0.39 is 60.5 Å². The average Bonchev–Trinajstić information content (AvgIpc) is 3.08. The molecule has 280 valence electrons. The number of hydrogen-bond donors (Lipinski definition) is 6. The van der Waals surface area contributed by atoms with Gasteiger partial charge in [0.15, 0.2) is 17.9 Å². The highest BCUT2D eigenvalue weighted by atomic mass is 19.2. The molecule has 1 saturated heterocycles. The fourth-order valence-corrected chi connectivity index (χ4v) is 6.17. The molecule has 5 unspecified atom stereocenters. The zero-order chi connectivity index (χ0) is 36.6. The fraction of sp³-hybridized carbons (Fsp3) is 0.632. The summed E-state index contributed by atoms with van der Waals surface area (Å²) in [5, 5.41) is 54.8. The molecule has 12 heteroatoms. The predicted molar refractivity (Wildman–Crippen MR) is 183 cm³/mol. The minimum Gasteiger partial charge on any atom is -0.391 e. The summed E-state index contributed by atoms with van der Waals surface area (Å²) in [5.41, 5.74) is 2.59. The van der Waals surface area contributed by atoms with Gasteiger partial charge in [-0.2, -0.15) is 0 Å². The summed E-state index contributed by atoms with van der Waals surface area (Å²) >= 11 is 0. The number of hydrogen-bond acceptors (Lipinski definition) is 9. The van der Waals surface area contributed by atoms with Crippen molar-refractivity contribution < 1.29 is 53.4 Å². The summed E-state index contributed by atoms with van der Waals surface area (Å²) in [6.45, 7) is 2.86. The number of benzene rings is 2. The minimum absolute atomic E-state index is 0.0730. The molecule has 1 amide bonds. The molecule has 1 aliphatic rings. The molecule has 0 bridgehead atoms. The zero-order valence-electron chi connectivity index (χ0n) is 29.2. The van der Waals surface area contributed by atoms with Crippen molar-refractivity contribution in [2.45, 2.75) is 134 Å². The average molecular weight is 708 g/mol. The SMILES string of the molecule is Cc1ccccc1CC(=O)NCC1OC(OC[C@H](CC(=O)CCCCCCCCCCc2ccc(F)c(F)c2)[C@H](O)[C@@H](C)O)C(O)C(O)C1O. The highest BCUT2D eigenvalue weighted by Crippen LogP contribution is 2.25. The Balaban J connectivity index is 1.36. The fourth-order valence-electron chi connectivity index (χ4n) is 6.17. The first kappa shape index (κ1) is 41.6. The van der Waals surface area contributed by atoms with Gasteiger partial charge in [0.1, 0.15) is 30.2 Å². The quantitative estimate of drug-likeness (QED) is 0.0999. The van der Waals surface area contributed by atoms with E-state index in [-0.39, 0.29) is 37.7 Å². The third-order valence-electron chi connectivity index (χ3n) is 9.38. The summed E-state index contributed by atoms with van der Waals surface area (Å²) in [4.78, 5) is 25.4. The molecule has 1 fully saturated rings. The maximum Gasteiger partial charge on any atom is 0.224 e. The largest absolute Gasteiger partial charge is 0.391 e. The third kappa shape index (κ3) is 13.7. The van der Waals surface area contributed by atoms with Gasteiger partial charge in [-0.05, 0) is 61.9 Å². The maximum absolute atomic E-state index is 13.3. The topological polar surface area (TPSA) is 166 Å². The number of aliphatic hydroxyl groups excluding tert-OH is 5. The number of carbonyl (C=O) groups is 2. The van der Waals surface area contributed by atoms with E-state index in [1.807, 2.05) is 31.2 Å². The van der Waals surface area contributed by atoms with Crippen molar-refractivity contribution in [1.29, 1.82) is 0 Å². The van der Waals surface area contributed by atoms with Crippen LogP contribution in [-0.2, 0) is 31.9 Å². The second kappa shape index (κ2) is 21.5. The number of Topliss-reactive ketones (excluding diaryl/α,β-unsaturated/α-hetero) is 1. The first-order chi connectivity index (χ1) is 23.9. The van der Waals surface area contributed by atoms with Gasteiger partial charge in [0.25, 0.3) is 0 Å². The second-order valence-corrected chi connectivity index (χ2v) is 13.6. The number of carbonyl (C=O) groups excluding carboxylic acids is 2. The number of ketones is 1. The van der Waals surface area contributed by atoms with E-state index in [9.17, 15) is 43.9 Å². The summed E-state index contributed by atoms with van der Waals surface area (Å²) in [7, 11) is 0. The number of nitrogens with one attached hydrogen (secondary N) is 1. The van der Waals surface area contributed by atoms with Gasteiger partial charge in [-0.1, -0.05) is 68.9 Å². The van der Waals surface area contributed by atoms with E-state index in [0.717, 1.165) is 67.7 Å². The molecular formula is C38H55F2NO9. The molecule has 1 heterocycles. The van der Waals surface area contributed by atoms with Crippen LogP contribution in [0.1, 0.15) is 87.8 Å². The van der Waals surface area contributed by atoms with Gasteiger partial charge in [0.2, 0.25) is 5.91 Å². The molecule has 2 aromatic rings. The highest BCUT2D eigenvalue weighted by molar-refractivity contribution is 5.79. The maximum atomic E-state index is 13.3. The first-order valence-electron chi connectivity index (χ1n) is 17.8. The van der Waals surface area contributed by atoms with Crippen LogP contribution in [0.5, 0.6) is 0 Å². The lowest BCUT2D eigenvalue weighted by molar-refractivity contribution is -0.299. The third-order valence-corrected chi connectivity index (χ3v) is 9.38. The molecule has 0 aliphatic carbocycles. The normalized spacial score (nSPS) is 22.5. The molecule has 10 nitrogen and oxygen atoms in total. The van der Waals surface area contributed by atoms with Crippen molar-refractivity contribution in [3.05, 3.63) is 70.8 Å². The number of aliphatic hydroxyl groups is 5. The van der Waals surface area contributed by atoms with Crippen LogP contribution in [0, 0.1) is 24.5 Å². The Kier molecular flexibility index (Phi) is 17.9. The van der Waals surface area contributed by atoms with Crippen molar-refractivity contribution in [2.75, 3.05) is 13.2 Å². The van der Waals surface area contributed by atoms with Gasteiger partial charge in [0, 0.05) is 25.3 Å². The van der Waals surface area contributed by atoms with Crippen LogP contribution in [-0.4, -0.2) is 93.3 Å². The smallest absolute Gasteiger partial charge is 0.224 e. The lowest BCUT2D eigenvalue weighted by atomic mass is 9.92. The van der Waals surface area contributed by atoms with E-state index in [1.165, 1.54) is 13.0 Å². The summed E-state index contributed by atoms with van der Waals surface area (Å²) in [6, 6.07) is 11.5. The minimum atomic E-state index is -1.64. The molecular weight excluding hydrogens is 652 g/mol. The van der Waals surface area contributed by atoms with E-state index in [4.69, 9.17) is 9.47 Å². The number of amides is 1. The Hall–Kier alpha value is -2.84. The number of ether oxygens (including phenoxy) is 2. The van der Waals surface area contributed by atoms with E-state index in [2.05, 4.69) is 5.32 Å². The van der Waals surface area contributed by atoms with Crippen LogP contribution >= 0.6 is 0 Å². The Morgan fingerprint density at radius 1 is 0.880 bits per heavy atom. The molecule has 0 saturated carbocycles. The molecule has 50 heavy (non-hydrogen) atoms. The monoisotopic (exact) mass is 707 g/mol. The van der Waals surface area contributed by atoms with Crippen molar-refractivity contribution in [3.63, 3.8) is 0 Å².